The van der Waals surface area contributed by atoms with Gasteiger partial charge in [0, 0.05) is 0 Å². The first-order valence-corrected chi connectivity index (χ1v) is 1.43. The molecule has 10 heavy (non-hydrogen) atoms. The predicted octanol–water partition coefficient (Wildman–Crippen LogP) is 4.16. The van der Waals surface area contributed by atoms with Crippen LogP contribution in [0.25, 0.3) is 0 Å². The van der Waals surface area contributed by atoms with E-state index in [0.717, 1.165) is 0 Å². The maximum atomic E-state index is 10.1. The van der Waals surface area contributed by atoms with Gasteiger partial charge in [-0.1, -0.05) is 51.0 Å². The van der Waals surface area contributed by atoms with Crippen LogP contribution in [0.3, 0.4) is 0 Å². The molecular weight excluding hydrogens is 128 g/mol. The van der Waals surface area contributed by atoms with Crippen LogP contribution in [-0.2, 0) is 0 Å². The summed E-state index contributed by atoms with van der Waals surface area (Å²) >= 11 is 0. The van der Waals surface area contributed by atoms with E-state index in [1.807, 2.05) is 13.8 Å². The second-order valence-electron chi connectivity index (χ2n) is 0.0976. The van der Waals surface area contributed by atoms with E-state index >= 15 is 0 Å². The predicted molar refractivity (Wildman–Crippen MR) is 55.7 cm³/mol. The van der Waals surface area contributed by atoms with Gasteiger partial charge in [0.25, 0.3) is 0 Å². The third-order valence-electron chi connectivity index (χ3n) is 0. The molecule has 1 nitrogen and oxygen atoms in total. The fourth-order valence-corrected chi connectivity index (χ4v) is 0. The summed E-state index contributed by atoms with van der Waals surface area (Å²) < 4.78 is 15.9. The van der Waals surface area contributed by atoms with Crippen LogP contribution < -0.4 is 0 Å². The van der Waals surface area contributed by atoms with Gasteiger partial charge in [0.2, 0.25) is 0 Å². The minimum atomic E-state index is 0. The molecule has 3 heteroatoms. The molecule has 0 spiro atoms. The van der Waals surface area contributed by atoms with Crippen LogP contribution in [0.5, 0.6) is 0 Å². The van der Waals surface area contributed by atoms with E-state index in [1.54, 1.807) is 5.12 Å². The van der Waals surface area contributed by atoms with Gasteiger partial charge < -0.3 is 0 Å². The van der Waals surface area contributed by atoms with Crippen molar-refractivity contribution < 1.29 is 4.48 Å². The van der Waals surface area contributed by atoms with Crippen LogP contribution >= 0.6 is 0 Å². The molecular formula is C7H27BFN. The summed E-state index contributed by atoms with van der Waals surface area (Å²) in [4.78, 5) is 0. The molecule has 0 aliphatic carbocycles. The molecule has 0 aliphatic heterocycles. The van der Waals surface area contributed by atoms with Gasteiger partial charge in [-0.15, -0.1) is 0 Å². The molecule has 0 atom stereocenters. The molecule has 0 N–H and O–H groups in total. The number of nitrogens with zero attached hydrogens (tertiary/aromatic N) is 1. The van der Waals surface area contributed by atoms with E-state index in [2.05, 4.69) is 0 Å². The molecule has 0 radical (unpaired) electrons. The van der Waals surface area contributed by atoms with E-state index in [4.69, 9.17) is 1.34 Å². The van der Waals surface area contributed by atoms with Crippen LogP contribution in [0.1, 0.15) is 51.0 Å². The van der Waals surface area contributed by atoms with Gasteiger partial charge in [-0.05, 0) is 0 Å². The van der Waals surface area contributed by atoms with Crippen LogP contribution in [0.4, 0.5) is 4.48 Å². The Morgan fingerprint density at radius 1 is 1.10 bits per heavy atom. The van der Waals surface area contributed by atoms with Gasteiger partial charge in [0.1, 0.15) is 0 Å². The minimum absolute atomic E-state index is 0. The van der Waals surface area contributed by atoms with Crippen molar-refractivity contribution in [2.45, 2.75) is 51.0 Å². The SMILES string of the molecule is C.C.C.C.C.CC.[2H]B=NF. The molecule has 0 rings (SSSR count). The van der Waals surface area contributed by atoms with Crippen molar-refractivity contribution in [2.75, 3.05) is 0 Å². The van der Waals surface area contributed by atoms with Crippen LogP contribution in [0.15, 0.2) is 5.12 Å². The van der Waals surface area contributed by atoms with Gasteiger partial charge in [-0.2, -0.15) is 0 Å². The molecule has 0 fully saturated rings. The Kier molecular flexibility index (Phi) is 4450. The normalized spacial score (nSPS) is 3.70. The molecule has 0 aromatic rings. The van der Waals surface area contributed by atoms with Crippen molar-refractivity contribution >= 4 is 7.60 Å². The van der Waals surface area contributed by atoms with Gasteiger partial charge in [0.15, 0.2) is 0 Å². The van der Waals surface area contributed by atoms with Crippen molar-refractivity contribution in [1.82, 2.24) is 0 Å². The molecule has 0 unspecified atom stereocenters. The van der Waals surface area contributed by atoms with Gasteiger partial charge in [-0.3, -0.25) is 0 Å². The molecule has 0 saturated carbocycles. The number of hydrogen-bond acceptors (Lipinski definition) is 1. The topological polar surface area (TPSA) is 12.4 Å². The van der Waals surface area contributed by atoms with Crippen molar-refractivity contribution in [2.24, 2.45) is 5.12 Å². The number of halogens is 1. The van der Waals surface area contributed by atoms with Crippen molar-refractivity contribution in [1.29, 1.82) is 1.34 Å². The number of hydrogen-bond donors (Lipinski definition) is 0. The molecule has 0 bridgehead atoms. The van der Waals surface area contributed by atoms with Crippen molar-refractivity contribution in [3.05, 3.63) is 0 Å². The third-order valence-corrected chi connectivity index (χ3v) is 0. The zero-order chi connectivity index (χ0) is 5.41. The molecule has 0 saturated heterocycles. The van der Waals surface area contributed by atoms with E-state index in [9.17, 15) is 4.48 Å². The summed E-state index contributed by atoms with van der Waals surface area (Å²) in [6.45, 7) is 4.00. The van der Waals surface area contributed by atoms with E-state index in [-0.39, 0.29) is 37.1 Å². The zero-order valence-electron chi connectivity index (χ0n) is 4.40. The molecule has 0 aromatic carbocycles. The summed E-state index contributed by atoms with van der Waals surface area (Å²) in [7, 11) is 0.333. The Balaban J connectivity index is -0.00000000432. The fraction of sp³-hybridized carbons (Fsp3) is 1.00. The summed E-state index contributed by atoms with van der Waals surface area (Å²) in [5, 5.41) is 1.78. The van der Waals surface area contributed by atoms with Crippen molar-refractivity contribution in [3.8, 4) is 0 Å². The van der Waals surface area contributed by atoms with Crippen LogP contribution in [0.2, 0.25) is 0 Å². The monoisotopic (exact) mass is 156 g/mol. The standard InChI is InChI=1S/C2H6.5CH4.BFHN/c1-2;;;;;;1-3-2/h1-2H3;5*1H4;1H/i;;;;;;1D. The van der Waals surface area contributed by atoms with E-state index < -0.39 is 0 Å². The first-order valence-electron chi connectivity index (χ1n) is 2.00. The second kappa shape index (κ2) is 846. The zero-order valence-corrected chi connectivity index (χ0v) is 3.40. The molecule has 70 valence electrons. The van der Waals surface area contributed by atoms with Crippen LogP contribution in [0, 0.1) is 0 Å². The Bertz CT molecular complexity index is 33.6. The Labute approximate surface area is 70.5 Å². The van der Waals surface area contributed by atoms with E-state index in [0.29, 0.717) is 7.60 Å². The second-order valence-corrected chi connectivity index (χ2v) is 0.0976. The van der Waals surface area contributed by atoms with Gasteiger partial charge in [-0.25, -0.2) is 0 Å². The summed E-state index contributed by atoms with van der Waals surface area (Å²) in [5.74, 6) is 0. The maximum absolute atomic E-state index is 10.1. The molecule has 0 aromatic heterocycles. The van der Waals surface area contributed by atoms with Gasteiger partial charge in [0.05, 0.1) is 0 Å². The van der Waals surface area contributed by atoms with Crippen LogP contribution in [-0.4, -0.2) is 8.94 Å². The van der Waals surface area contributed by atoms with E-state index in [1.165, 1.54) is 0 Å². The number of rotatable bonds is 0. The Morgan fingerprint density at radius 2 is 1.20 bits per heavy atom. The van der Waals surface area contributed by atoms with Crippen molar-refractivity contribution in [3.63, 3.8) is 0 Å². The first-order chi connectivity index (χ1) is 2.91. The summed E-state index contributed by atoms with van der Waals surface area (Å²) in [6.07, 6.45) is 0. The molecule has 0 aliphatic rings. The fourth-order valence-electron chi connectivity index (χ4n) is 0. The Morgan fingerprint density at radius 3 is 1.20 bits per heavy atom. The average Bonchev–Trinajstić information content (AvgIpc) is 1.72. The summed E-state index contributed by atoms with van der Waals surface area (Å²) in [6, 6.07) is 0. The quantitative estimate of drug-likeness (QED) is 0.467. The average molecular weight is 156 g/mol. The molecule has 0 heterocycles. The summed E-state index contributed by atoms with van der Waals surface area (Å²) in [5.41, 5.74) is 0. The third kappa shape index (κ3) is 8560. The Hall–Kier alpha value is -0.205. The first kappa shape index (κ1) is 52.6. The molecule has 0 amide bonds. The van der Waals surface area contributed by atoms with Gasteiger partial charge >= 0.3 is 18.5 Å².